The number of H-pyrrole nitrogens is 1. The van der Waals surface area contributed by atoms with Crippen molar-refractivity contribution in [1.82, 2.24) is 19.6 Å². The second-order valence-corrected chi connectivity index (χ2v) is 8.26. The van der Waals surface area contributed by atoms with Crippen LogP contribution in [0.1, 0.15) is 73.2 Å². The highest BCUT2D eigenvalue weighted by molar-refractivity contribution is 5.99. The molecule has 1 saturated carbocycles. The van der Waals surface area contributed by atoms with Gasteiger partial charge in [-0.25, -0.2) is 9.50 Å². The van der Waals surface area contributed by atoms with Crippen LogP contribution in [0.4, 0.5) is 0 Å². The van der Waals surface area contributed by atoms with E-state index in [0.29, 0.717) is 40.5 Å². The lowest BCUT2D eigenvalue weighted by Gasteiger charge is -2.14. The summed E-state index contributed by atoms with van der Waals surface area (Å²) in [6.45, 7) is 7.56. The molecule has 1 aliphatic carbocycles. The van der Waals surface area contributed by atoms with E-state index < -0.39 is 0 Å². The van der Waals surface area contributed by atoms with E-state index in [-0.39, 0.29) is 23.8 Å². The fourth-order valence-corrected chi connectivity index (χ4v) is 4.48. The largest absolute Gasteiger partial charge is 0.493 e. The second-order valence-electron chi connectivity index (χ2n) is 8.26. The summed E-state index contributed by atoms with van der Waals surface area (Å²) in [5.41, 5.74) is 1.90. The Morgan fingerprint density at radius 3 is 2.72 bits per heavy atom. The van der Waals surface area contributed by atoms with E-state index in [1.54, 1.807) is 22.7 Å². The van der Waals surface area contributed by atoms with Crippen molar-refractivity contribution in [2.75, 3.05) is 13.2 Å². The summed E-state index contributed by atoms with van der Waals surface area (Å²) in [5.74, 6) is 1.85. The average Bonchev–Trinajstić information content (AvgIpc) is 2.94. The van der Waals surface area contributed by atoms with Gasteiger partial charge in [0.1, 0.15) is 18.1 Å². The fraction of sp³-hybridized carbons (Fsp3) is 0.458. The summed E-state index contributed by atoms with van der Waals surface area (Å²) in [6, 6.07) is 5.11. The SMILES string of the molecule is C=NCC(=O)c1ccc(OCC)c(-c2nn3c(C4CCCCCC4)nc(C)c3c(=O)[nH]2)c1. The molecule has 1 aromatic carbocycles. The van der Waals surface area contributed by atoms with Gasteiger partial charge in [-0.2, -0.15) is 0 Å². The number of benzene rings is 1. The summed E-state index contributed by atoms with van der Waals surface area (Å²) < 4.78 is 7.48. The van der Waals surface area contributed by atoms with E-state index >= 15 is 0 Å². The molecule has 1 fully saturated rings. The van der Waals surface area contributed by atoms with Crippen molar-refractivity contribution in [1.29, 1.82) is 0 Å². The Balaban J connectivity index is 1.88. The first kappa shape index (κ1) is 21.9. The zero-order valence-electron chi connectivity index (χ0n) is 18.7. The summed E-state index contributed by atoms with van der Waals surface area (Å²) >= 11 is 0. The first-order chi connectivity index (χ1) is 15.5. The highest BCUT2D eigenvalue weighted by atomic mass is 16.5. The van der Waals surface area contributed by atoms with Crippen LogP contribution in [0.25, 0.3) is 16.9 Å². The first-order valence-corrected chi connectivity index (χ1v) is 11.3. The number of carbonyl (C=O) groups is 1. The van der Waals surface area contributed by atoms with Gasteiger partial charge in [-0.1, -0.05) is 25.7 Å². The predicted molar refractivity (Wildman–Crippen MR) is 124 cm³/mol. The number of nitrogens with one attached hydrogen (secondary N) is 1. The van der Waals surface area contributed by atoms with Crippen molar-refractivity contribution in [3.05, 3.63) is 45.6 Å². The average molecular weight is 436 g/mol. The topological polar surface area (TPSA) is 102 Å². The maximum atomic E-state index is 13.1. The van der Waals surface area contributed by atoms with Gasteiger partial charge in [-0.05, 0) is 51.6 Å². The Hall–Kier alpha value is -3.29. The Labute approximate surface area is 186 Å². The number of ether oxygens (including phenoxy) is 1. The number of hydrogen-bond donors (Lipinski definition) is 1. The van der Waals surface area contributed by atoms with Gasteiger partial charge in [0.25, 0.3) is 5.56 Å². The number of ketones is 1. The lowest BCUT2D eigenvalue weighted by Crippen LogP contribution is -2.17. The molecule has 2 aromatic heterocycles. The molecule has 0 amide bonds. The minimum absolute atomic E-state index is 0.0110. The summed E-state index contributed by atoms with van der Waals surface area (Å²) in [4.78, 5) is 36.8. The maximum Gasteiger partial charge on any atom is 0.277 e. The molecule has 3 aromatic rings. The Morgan fingerprint density at radius 1 is 1.28 bits per heavy atom. The zero-order chi connectivity index (χ0) is 22.7. The Morgan fingerprint density at radius 2 is 2.03 bits per heavy atom. The molecule has 8 nitrogen and oxygen atoms in total. The highest BCUT2D eigenvalue weighted by Crippen LogP contribution is 2.33. The van der Waals surface area contributed by atoms with Crippen LogP contribution in [0, 0.1) is 6.92 Å². The lowest BCUT2D eigenvalue weighted by atomic mass is 10.00. The number of fused-ring (bicyclic) bond motifs is 1. The Kier molecular flexibility index (Phi) is 6.48. The molecule has 0 aliphatic heterocycles. The van der Waals surface area contributed by atoms with Gasteiger partial charge in [0.05, 0.1) is 17.9 Å². The van der Waals surface area contributed by atoms with Crippen LogP contribution >= 0.6 is 0 Å². The van der Waals surface area contributed by atoms with Crippen LogP contribution in [-0.2, 0) is 0 Å². The second kappa shape index (κ2) is 9.46. The van der Waals surface area contributed by atoms with Crippen LogP contribution in [0.3, 0.4) is 0 Å². The quantitative estimate of drug-likeness (QED) is 0.342. The molecule has 0 saturated heterocycles. The van der Waals surface area contributed by atoms with Crippen molar-refractivity contribution in [3.8, 4) is 17.1 Å². The van der Waals surface area contributed by atoms with Gasteiger partial charge >= 0.3 is 0 Å². The number of aliphatic imine (C=N–C) groups is 1. The molecular formula is C24H29N5O3. The molecular weight excluding hydrogens is 406 g/mol. The van der Waals surface area contributed by atoms with Crippen LogP contribution in [0.15, 0.2) is 28.0 Å². The Bertz CT molecular complexity index is 1200. The molecule has 0 radical (unpaired) electrons. The predicted octanol–water partition coefficient (Wildman–Crippen LogP) is 4.11. The number of nitrogens with zero attached hydrogens (tertiary/aromatic N) is 4. The normalized spacial score (nSPS) is 14.9. The van der Waals surface area contributed by atoms with Gasteiger partial charge in [0.2, 0.25) is 0 Å². The minimum Gasteiger partial charge on any atom is -0.493 e. The first-order valence-electron chi connectivity index (χ1n) is 11.3. The van der Waals surface area contributed by atoms with Gasteiger partial charge < -0.3 is 9.72 Å². The van der Waals surface area contributed by atoms with E-state index in [1.807, 2.05) is 13.8 Å². The van der Waals surface area contributed by atoms with Crippen molar-refractivity contribution in [2.24, 2.45) is 4.99 Å². The lowest BCUT2D eigenvalue weighted by molar-refractivity contribution is 0.100. The standard InChI is InChI=1S/C24H29N5O3/c1-4-32-20-12-11-17(19(30)14-25-3)13-18(20)22-27-24(31)21-15(2)26-23(29(21)28-22)16-9-7-5-6-8-10-16/h11-13,16H,3-10,14H2,1-2H3,(H,27,28,31). The molecule has 0 atom stereocenters. The summed E-state index contributed by atoms with van der Waals surface area (Å²) in [5, 5.41) is 4.79. The highest BCUT2D eigenvalue weighted by Gasteiger charge is 2.24. The van der Waals surface area contributed by atoms with Crippen molar-refractivity contribution < 1.29 is 9.53 Å². The zero-order valence-corrected chi connectivity index (χ0v) is 18.7. The molecule has 1 N–H and O–H groups in total. The molecule has 8 heteroatoms. The number of carbonyl (C=O) groups excluding carboxylic acids is 1. The van der Waals surface area contributed by atoms with Crippen molar-refractivity contribution in [2.45, 2.75) is 58.3 Å². The van der Waals surface area contributed by atoms with Crippen molar-refractivity contribution in [3.63, 3.8) is 0 Å². The number of Topliss-reactive ketones (excluding diaryl/α,β-unsaturated/α-hetero) is 1. The fourth-order valence-electron chi connectivity index (χ4n) is 4.48. The molecule has 0 spiro atoms. The number of imidazole rings is 1. The third kappa shape index (κ3) is 4.22. The number of aryl methyl sites for hydroxylation is 1. The number of aromatic nitrogens is 4. The van der Waals surface area contributed by atoms with Crippen LogP contribution in [-0.4, -0.2) is 45.2 Å². The van der Waals surface area contributed by atoms with E-state index in [1.165, 1.54) is 12.8 Å². The van der Waals surface area contributed by atoms with Gasteiger partial charge in [0.15, 0.2) is 17.1 Å². The van der Waals surface area contributed by atoms with Crippen LogP contribution < -0.4 is 10.3 Å². The molecule has 168 valence electrons. The molecule has 2 heterocycles. The maximum absolute atomic E-state index is 13.1. The molecule has 4 rings (SSSR count). The van der Waals surface area contributed by atoms with E-state index in [4.69, 9.17) is 14.8 Å². The monoisotopic (exact) mass is 435 g/mol. The molecule has 1 aliphatic rings. The number of hydrogen-bond acceptors (Lipinski definition) is 6. The van der Waals surface area contributed by atoms with Crippen LogP contribution in [0.2, 0.25) is 0 Å². The smallest absolute Gasteiger partial charge is 0.277 e. The van der Waals surface area contributed by atoms with Crippen molar-refractivity contribution >= 4 is 18.0 Å². The third-order valence-electron chi connectivity index (χ3n) is 6.03. The van der Waals surface area contributed by atoms with E-state index in [0.717, 1.165) is 31.5 Å². The summed E-state index contributed by atoms with van der Waals surface area (Å²) in [7, 11) is 0. The van der Waals surface area contributed by atoms with E-state index in [2.05, 4.69) is 16.7 Å². The number of rotatable bonds is 7. The van der Waals surface area contributed by atoms with Crippen LogP contribution in [0.5, 0.6) is 5.75 Å². The third-order valence-corrected chi connectivity index (χ3v) is 6.03. The van der Waals surface area contributed by atoms with E-state index in [9.17, 15) is 9.59 Å². The van der Waals surface area contributed by atoms with Gasteiger partial charge in [-0.3, -0.25) is 14.6 Å². The molecule has 0 unspecified atom stereocenters. The summed E-state index contributed by atoms with van der Waals surface area (Å²) in [6.07, 6.45) is 6.87. The van der Waals surface area contributed by atoms with Gasteiger partial charge in [0, 0.05) is 11.5 Å². The number of aromatic amines is 1. The molecule has 0 bridgehead atoms. The molecule has 32 heavy (non-hydrogen) atoms. The van der Waals surface area contributed by atoms with Gasteiger partial charge in [-0.15, -0.1) is 5.10 Å². The minimum atomic E-state index is -0.258.